The Bertz CT molecular complexity index is 1220. The summed E-state index contributed by atoms with van der Waals surface area (Å²) >= 11 is 0.956. The lowest BCUT2D eigenvalue weighted by atomic mass is 10.1. The van der Waals surface area contributed by atoms with Gasteiger partial charge >= 0.3 is 11.9 Å². The van der Waals surface area contributed by atoms with Gasteiger partial charge in [0.1, 0.15) is 28.0 Å². The normalized spacial score (nSPS) is 10.8. The second-order valence-corrected chi connectivity index (χ2v) is 9.29. The number of nitrogens with one attached hydrogen (secondary N) is 1. The van der Waals surface area contributed by atoms with Gasteiger partial charge in [-0.25, -0.2) is 9.59 Å². The molecule has 8 nitrogen and oxygen atoms in total. The summed E-state index contributed by atoms with van der Waals surface area (Å²) in [7, 11) is 0. The van der Waals surface area contributed by atoms with Crippen molar-refractivity contribution in [2.24, 2.45) is 0 Å². The van der Waals surface area contributed by atoms with Gasteiger partial charge in [-0.15, -0.1) is 11.3 Å². The van der Waals surface area contributed by atoms with Crippen LogP contribution in [0.5, 0.6) is 5.75 Å². The lowest BCUT2D eigenvalue weighted by molar-refractivity contribution is 0.0379. The number of carbonyl (C=O) groups is 3. The maximum Gasteiger partial charge on any atom is 0.348 e. The van der Waals surface area contributed by atoms with E-state index in [1.807, 2.05) is 32.0 Å². The fourth-order valence-corrected chi connectivity index (χ4v) is 4.51. The molecule has 2 heterocycles. The molecule has 186 valence electrons. The van der Waals surface area contributed by atoms with Crippen molar-refractivity contribution >= 4 is 34.2 Å². The standard InChI is InChI=1S/C26H29NO7S/c1-7-31-26(30)22-17(6)21(25(29)33-14(2)3)24(35-22)27-23(28)20-9-8-18(34-20)13-32-19-11-15(4)10-16(5)12-19/h8-12,14H,7,13H2,1-6H3,(H,27,28). The van der Waals surface area contributed by atoms with Gasteiger partial charge in [-0.3, -0.25) is 4.79 Å². The van der Waals surface area contributed by atoms with Gasteiger partial charge < -0.3 is 23.9 Å². The van der Waals surface area contributed by atoms with Crippen molar-refractivity contribution in [2.75, 3.05) is 11.9 Å². The second kappa shape index (κ2) is 11.2. The zero-order chi connectivity index (χ0) is 25.7. The van der Waals surface area contributed by atoms with E-state index in [1.54, 1.807) is 33.8 Å². The van der Waals surface area contributed by atoms with Crippen molar-refractivity contribution in [3.05, 3.63) is 69.0 Å². The lowest BCUT2D eigenvalue weighted by Crippen LogP contribution is -2.16. The number of carbonyl (C=O) groups excluding carboxylic acids is 3. The molecule has 0 aliphatic heterocycles. The molecular formula is C26H29NO7S. The molecule has 0 spiro atoms. The molecule has 0 bridgehead atoms. The third-order valence-corrected chi connectivity index (χ3v) is 6.03. The maximum atomic E-state index is 12.9. The van der Waals surface area contributed by atoms with Crippen molar-refractivity contribution in [1.29, 1.82) is 0 Å². The molecule has 1 aromatic carbocycles. The minimum absolute atomic E-state index is 0.0379. The number of amides is 1. The van der Waals surface area contributed by atoms with Crippen LogP contribution >= 0.6 is 11.3 Å². The molecule has 35 heavy (non-hydrogen) atoms. The first-order valence-electron chi connectivity index (χ1n) is 11.2. The van der Waals surface area contributed by atoms with Crippen LogP contribution in [0.1, 0.15) is 73.8 Å². The highest BCUT2D eigenvalue weighted by Gasteiger charge is 2.28. The molecular weight excluding hydrogens is 470 g/mol. The molecule has 1 amide bonds. The van der Waals surface area contributed by atoms with Gasteiger partial charge in [-0.2, -0.15) is 0 Å². The van der Waals surface area contributed by atoms with E-state index in [4.69, 9.17) is 18.6 Å². The fraction of sp³-hybridized carbons (Fsp3) is 0.346. The highest BCUT2D eigenvalue weighted by Crippen LogP contribution is 2.35. The summed E-state index contributed by atoms with van der Waals surface area (Å²) in [5.41, 5.74) is 2.67. The van der Waals surface area contributed by atoms with E-state index < -0.39 is 17.8 Å². The monoisotopic (exact) mass is 499 g/mol. The molecule has 2 aromatic heterocycles. The lowest BCUT2D eigenvalue weighted by Gasteiger charge is -2.10. The summed E-state index contributed by atoms with van der Waals surface area (Å²) in [4.78, 5) is 38.2. The van der Waals surface area contributed by atoms with E-state index in [-0.39, 0.29) is 40.5 Å². The number of benzene rings is 1. The Hall–Kier alpha value is -3.59. The van der Waals surface area contributed by atoms with Crippen LogP contribution in [0, 0.1) is 20.8 Å². The number of hydrogen-bond donors (Lipinski definition) is 1. The van der Waals surface area contributed by atoms with Crippen LogP contribution in [0.4, 0.5) is 5.00 Å². The van der Waals surface area contributed by atoms with Crippen LogP contribution < -0.4 is 10.1 Å². The van der Waals surface area contributed by atoms with Crippen molar-refractivity contribution in [2.45, 2.75) is 54.3 Å². The summed E-state index contributed by atoms with van der Waals surface area (Å²) < 4.78 is 21.8. The van der Waals surface area contributed by atoms with Gasteiger partial charge in [0.25, 0.3) is 5.91 Å². The molecule has 1 N–H and O–H groups in total. The molecule has 0 atom stereocenters. The molecule has 9 heteroatoms. The first-order chi connectivity index (χ1) is 16.6. The number of aryl methyl sites for hydroxylation is 2. The third-order valence-electron chi connectivity index (χ3n) is 4.84. The summed E-state index contributed by atoms with van der Waals surface area (Å²) in [6, 6.07) is 9.06. The summed E-state index contributed by atoms with van der Waals surface area (Å²) in [5.74, 6) is -0.574. The van der Waals surface area contributed by atoms with Gasteiger partial charge in [0, 0.05) is 0 Å². The molecule has 0 saturated heterocycles. The number of hydrogen-bond acceptors (Lipinski definition) is 8. The Balaban J connectivity index is 1.78. The van der Waals surface area contributed by atoms with Gasteiger partial charge in [0.2, 0.25) is 0 Å². The first-order valence-corrected chi connectivity index (χ1v) is 12.0. The van der Waals surface area contributed by atoms with Gasteiger partial charge in [0.05, 0.1) is 18.3 Å². The van der Waals surface area contributed by atoms with Gasteiger partial charge in [-0.05, 0) is 82.5 Å². The average molecular weight is 500 g/mol. The minimum Gasteiger partial charge on any atom is -0.486 e. The molecule has 0 saturated carbocycles. The van der Waals surface area contributed by atoms with Crippen molar-refractivity contribution < 1.29 is 33.0 Å². The highest BCUT2D eigenvalue weighted by atomic mass is 32.1. The molecule has 0 aliphatic rings. The first kappa shape index (κ1) is 26.0. The number of rotatable bonds is 9. The molecule has 0 unspecified atom stereocenters. The fourth-order valence-electron chi connectivity index (χ4n) is 3.42. The largest absolute Gasteiger partial charge is 0.486 e. The van der Waals surface area contributed by atoms with Crippen LogP contribution in [0.3, 0.4) is 0 Å². The van der Waals surface area contributed by atoms with Crippen LogP contribution in [-0.2, 0) is 16.1 Å². The van der Waals surface area contributed by atoms with E-state index in [9.17, 15) is 14.4 Å². The number of furan rings is 1. The summed E-state index contributed by atoms with van der Waals surface area (Å²) in [6.45, 7) is 11.0. The van der Waals surface area contributed by atoms with Crippen LogP contribution in [0.25, 0.3) is 0 Å². The van der Waals surface area contributed by atoms with E-state index in [2.05, 4.69) is 5.32 Å². The van der Waals surface area contributed by atoms with Gasteiger partial charge in [-0.1, -0.05) is 6.07 Å². The third kappa shape index (κ3) is 6.51. The van der Waals surface area contributed by atoms with E-state index in [0.29, 0.717) is 17.1 Å². The zero-order valence-corrected chi connectivity index (χ0v) is 21.5. The minimum atomic E-state index is -0.637. The molecule has 0 aliphatic carbocycles. The molecule has 3 aromatic rings. The van der Waals surface area contributed by atoms with Crippen LogP contribution in [0.15, 0.2) is 34.7 Å². The number of thiophene rings is 1. The van der Waals surface area contributed by atoms with E-state index in [0.717, 1.165) is 22.5 Å². The average Bonchev–Trinajstić information content (AvgIpc) is 3.36. The Morgan fingerprint density at radius 2 is 1.71 bits per heavy atom. The Kier molecular flexibility index (Phi) is 8.34. The van der Waals surface area contributed by atoms with Crippen molar-refractivity contribution in [1.82, 2.24) is 0 Å². The topological polar surface area (TPSA) is 104 Å². The molecule has 0 fully saturated rings. The predicted octanol–water partition coefficient (Wildman–Crippen LogP) is 5.84. The number of ether oxygens (including phenoxy) is 3. The van der Waals surface area contributed by atoms with E-state index >= 15 is 0 Å². The maximum absolute atomic E-state index is 12.9. The SMILES string of the molecule is CCOC(=O)c1sc(NC(=O)c2ccc(COc3cc(C)cc(C)c3)o2)c(C(=O)OC(C)C)c1C. The number of anilines is 1. The quantitative estimate of drug-likeness (QED) is 0.369. The molecule has 3 rings (SSSR count). The Morgan fingerprint density at radius 1 is 1.03 bits per heavy atom. The van der Waals surface area contributed by atoms with Crippen LogP contribution in [0.2, 0.25) is 0 Å². The Morgan fingerprint density at radius 3 is 2.34 bits per heavy atom. The summed E-state index contributed by atoms with van der Waals surface area (Å²) in [6.07, 6.45) is -0.374. The zero-order valence-electron chi connectivity index (χ0n) is 20.6. The molecule has 0 radical (unpaired) electrons. The van der Waals surface area contributed by atoms with Crippen molar-refractivity contribution in [3.8, 4) is 5.75 Å². The number of esters is 2. The smallest absolute Gasteiger partial charge is 0.348 e. The summed E-state index contributed by atoms with van der Waals surface area (Å²) in [5, 5.41) is 2.86. The van der Waals surface area contributed by atoms with Crippen molar-refractivity contribution in [3.63, 3.8) is 0 Å². The Labute approximate surface area is 208 Å². The second-order valence-electron chi connectivity index (χ2n) is 8.27. The highest BCUT2D eigenvalue weighted by molar-refractivity contribution is 7.18. The predicted molar refractivity (Wildman–Crippen MR) is 132 cm³/mol. The van der Waals surface area contributed by atoms with Crippen LogP contribution in [-0.4, -0.2) is 30.6 Å². The van der Waals surface area contributed by atoms with E-state index in [1.165, 1.54) is 6.07 Å². The van der Waals surface area contributed by atoms with Gasteiger partial charge in [0.15, 0.2) is 5.76 Å².